The lowest BCUT2D eigenvalue weighted by atomic mass is 10.00. The highest BCUT2D eigenvalue weighted by Gasteiger charge is 2.49. The normalized spacial score (nSPS) is 19.2. The number of carbonyl (C=O) groups excluding carboxylic acids is 1. The van der Waals surface area contributed by atoms with Gasteiger partial charge in [-0.1, -0.05) is 18.2 Å². The van der Waals surface area contributed by atoms with Gasteiger partial charge in [-0.05, 0) is 57.6 Å². The Morgan fingerprint density at radius 2 is 1.97 bits per heavy atom. The van der Waals surface area contributed by atoms with Gasteiger partial charge in [0.25, 0.3) is 5.91 Å². The van der Waals surface area contributed by atoms with E-state index < -0.39 is 0 Å². The van der Waals surface area contributed by atoms with Gasteiger partial charge >= 0.3 is 0 Å². The Kier molecular flexibility index (Phi) is 4.21. The molecule has 5 rings (SSSR count). The monoisotopic (exact) mass is 393 g/mol. The number of hydrogen-bond acceptors (Lipinski definition) is 5. The summed E-state index contributed by atoms with van der Waals surface area (Å²) in [6.07, 6.45) is 1.82. The van der Waals surface area contributed by atoms with Crippen LogP contribution in [0.4, 0.5) is 5.69 Å². The highest BCUT2D eigenvalue weighted by Crippen LogP contribution is 2.52. The first-order valence-corrected chi connectivity index (χ1v) is 10.2. The molecule has 2 heterocycles. The number of para-hydroxylation sites is 1. The molecule has 2 fully saturated rings. The van der Waals surface area contributed by atoms with E-state index in [1.54, 1.807) is 0 Å². The molecule has 0 unspecified atom stereocenters. The van der Waals surface area contributed by atoms with Crippen molar-refractivity contribution >= 4 is 11.6 Å². The Balaban J connectivity index is 1.36. The van der Waals surface area contributed by atoms with E-state index in [4.69, 9.17) is 9.47 Å². The van der Waals surface area contributed by atoms with Gasteiger partial charge in [0, 0.05) is 35.9 Å². The van der Waals surface area contributed by atoms with Crippen LogP contribution in [0, 0.1) is 6.92 Å². The maximum absolute atomic E-state index is 13.2. The summed E-state index contributed by atoms with van der Waals surface area (Å²) in [5, 5.41) is 3.30. The molecule has 6 heteroatoms. The lowest BCUT2D eigenvalue weighted by molar-refractivity contribution is 0.0929. The molecule has 29 heavy (non-hydrogen) atoms. The van der Waals surface area contributed by atoms with Gasteiger partial charge < -0.3 is 24.6 Å². The molecule has 1 saturated carbocycles. The van der Waals surface area contributed by atoms with Crippen molar-refractivity contribution in [3.05, 3.63) is 53.1 Å². The second-order valence-electron chi connectivity index (χ2n) is 8.60. The zero-order chi connectivity index (χ0) is 20.2. The van der Waals surface area contributed by atoms with Gasteiger partial charge in [-0.15, -0.1) is 0 Å². The van der Waals surface area contributed by atoms with Crippen LogP contribution in [0.3, 0.4) is 0 Å². The number of ether oxygens (including phenoxy) is 2. The van der Waals surface area contributed by atoms with Crippen LogP contribution in [0.15, 0.2) is 36.4 Å². The van der Waals surface area contributed by atoms with Gasteiger partial charge in [-0.25, -0.2) is 0 Å². The number of rotatable bonds is 5. The lowest BCUT2D eigenvalue weighted by Gasteiger charge is -2.44. The van der Waals surface area contributed by atoms with Crippen molar-refractivity contribution in [3.63, 3.8) is 0 Å². The number of anilines is 1. The Bertz CT molecular complexity index is 962. The van der Waals surface area contributed by atoms with Crippen LogP contribution in [0.5, 0.6) is 11.5 Å². The molecule has 1 N–H and O–H groups in total. The van der Waals surface area contributed by atoms with Crippen LogP contribution in [-0.4, -0.2) is 50.8 Å². The van der Waals surface area contributed by atoms with Gasteiger partial charge in [0.05, 0.1) is 5.54 Å². The lowest BCUT2D eigenvalue weighted by Crippen LogP contribution is -2.57. The summed E-state index contributed by atoms with van der Waals surface area (Å²) in [4.78, 5) is 17.8. The van der Waals surface area contributed by atoms with E-state index in [2.05, 4.69) is 35.3 Å². The molecule has 1 saturated heterocycles. The Hall–Kier alpha value is -2.73. The van der Waals surface area contributed by atoms with Gasteiger partial charge in [0.1, 0.15) is 0 Å². The first kappa shape index (κ1) is 18.3. The predicted octanol–water partition coefficient (Wildman–Crippen LogP) is 2.89. The molecule has 6 nitrogen and oxygen atoms in total. The minimum Gasteiger partial charge on any atom is -0.454 e. The summed E-state index contributed by atoms with van der Waals surface area (Å²) in [5.41, 5.74) is 3.51. The minimum absolute atomic E-state index is 0.0250. The van der Waals surface area contributed by atoms with Crippen LogP contribution in [-0.2, 0) is 5.54 Å². The molecular formula is C23H27N3O3. The fraction of sp³-hybridized carbons (Fsp3) is 0.435. The molecular weight excluding hydrogens is 366 g/mol. The summed E-state index contributed by atoms with van der Waals surface area (Å²) in [7, 11) is 4.22. The van der Waals surface area contributed by atoms with Gasteiger partial charge in [0.2, 0.25) is 6.79 Å². The van der Waals surface area contributed by atoms with Gasteiger partial charge in [-0.3, -0.25) is 4.79 Å². The predicted molar refractivity (Wildman–Crippen MR) is 112 cm³/mol. The SMILES string of the molecule is Cc1ccc(N2CC(N(C)C)C2)cc1C(=O)NC1(c2cccc3c2OCO3)CC1. The van der Waals surface area contributed by atoms with Gasteiger partial charge in [0.15, 0.2) is 11.5 Å². The quantitative estimate of drug-likeness (QED) is 0.847. The number of nitrogens with one attached hydrogen (secondary N) is 1. The number of amides is 1. The van der Waals surface area contributed by atoms with Crippen LogP contribution < -0.4 is 19.7 Å². The zero-order valence-corrected chi connectivity index (χ0v) is 17.2. The fourth-order valence-corrected chi connectivity index (χ4v) is 4.22. The number of carbonyl (C=O) groups is 1. The smallest absolute Gasteiger partial charge is 0.252 e. The third-order valence-electron chi connectivity index (χ3n) is 6.44. The van der Waals surface area contributed by atoms with E-state index in [1.165, 1.54) is 0 Å². The number of hydrogen-bond donors (Lipinski definition) is 1. The Morgan fingerprint density at radius 1 is 1.17 bits per heavy atom. The number of fused-ring (bicyclic) bond motifs is 1. The topological polar surface area (TPSA) is 54.0 Å². The molecule has 0 bridgehead atoms. The molecule has 3 aliphatic rings. The summed E-state index contributed by atoms with van der Waals surface area (Å²) in [6, 6.07) is 12.7. The van der Waals surface area contributed by atoms with E-state index in [-0.39, 0.29) is 18.2 Å². The first-order chi connectivity index (χ1) is 14.0. The van der Waals surface area contributed by atoms with E-state index in [0.29, 0.717) is 6.04 Å². The summed E-state index contributed by atoms with van der Waals surface area (Å²) in [5.74, 6) is 1.50. The molecule has 0 aromatic heterocycles. The summed E-state index contributed by atoms with van der Waals surface area (Å²) in [6.45, 7) is 4.22. The molecule has 152 valence electrons. The molecule has 1 amide bonds. The second-order valence-corrected chi connectivity index (χ2v) is 8.60. The van der Waals surface area contributed by atoms with Crippen molar-refractivity contribution < 1.29 is 14.3 Å². The van der Waals surface area contributed by atoms with E-state index >= 15 is 0 Å². The third-order valence-corrected chi connectivity index (χ3v) is 6.44. The molecule has 0 radical (unpaired) electrons. The molecule has 2 aromatic carbocycles. The Labute approximate surface area is 171 Å². The molecule has 2 aliphatic heterocycles. The van der Waals surface area contributed by atoms with Gasteiger partial charge in [-0.2, -0.15) is 0 Å². The largest absolute Gasteiger partial charge is 0.454 e. The Morgan fingerprint density at radius 3 is 2.69 bits per heavy atom. The van der Waals surface area contributed by atoms with E-state index in [0.717, 1.165) is 59.8 Å². The molecule has 0 atom stereocenters. The van der Waals surface area contributed by atoms with Crippen molar-refractivity contribution in [2.45, 2.75) is 31.3 Å². The average molecular weight is 393 g/mol. The number of aryl methyl sites for hydroxylation is 1. The fourth-order valence-electron chi connectivity index (χ4n) is 4.22. The molecule has 2 aromatic rings. The first-order valence-electron chi connectivity index (χ1n) is 10.2. The maximum atomic E-state index is 13.2. The number of likely N-dealkylation sites (N-methyl/N-ethyl adjacent to an activating group) is 1. The zero-order valence-electron chi connectivity index (χ0n) is 17.2. The standard InChI is InChI=1S/C23H27N3O3/c1-15-7-8-16(26-12-17(13-26)25(2)3)11-18(15)22(27)24-23(9-10-23)19-5-4-6-20-21(19)29-14-28-20/h4-8,11,17H,9-10,12-14H2,1-3H3,(H,24,27). The second kappa shape index (κ2) is 6.66. The number of benzene rings is 2. The van der Waals surface area contributed by atoms with Crippen molar-refractivity contribution in [2.75, 3.05) is 38.9 Å². The maximum Gasteiger partial charge on any atom is 0.252 e. The highest BCUT2D eigenvalue weighted by atomic mass is 16.7. The summed E-state index contributed by atoms with van der Waals surface area (Å²) < 4.78 is 11.2. The molecule has 1 aliphatic carbocycles. The van der Waals surface area contributed by atoms with E-state index in [9.17, 15) is 4.79 Å². The van der Waals surface area contributed by atoms with Crippen LogP contribution in [0.25, 0.3) is 0 Å². The van der Waals surface area contributed by atoms with E-state index in [1.807, 2.05) is 37.3 Å². The molecule has 0 spiro atoms. The van der Waals surface area contributed by atoms with Crippen molar-refractivity contribution in [3.8, 4) is 11.5 Å². The average Bonchev–Trinajstić information content (AvgIpc) is 3.26. The van der Waals surface area contributed by atoms with Crippen molar-refractivity contribution in [1.29, 1.82) is 0 Å². The van der Waals surface area contributed by atoms with Crippen LogP contribution >= 0.6 is 0 Å². The van der Waals surface area contributed by atoms with Crippen LogP contribution in [0.2, 0.25) is 0 Å². The minimum atomic E-state index is -0.356. The number of nitrogens with zero attached hydrogens (tertiary/aromatic N) is 2. The summed E-state index contributed by atoms with van der Waals surface area (Å²) >= 11 is 0. The van der Waals surface area contributed by atoms with Crippen molar-refractivity contribution in [2.24, 2.45) is 0 Å². The van der Waals surface area contributed by atoms with Crippen LogP contribution in [0.1, 0.15) is 34.3 Å². The highest BCUT2D eigenvalue weighted by molar-refractivity contribution is 5.97. The van der Waals surface area contributed by atoms with Crippen molar-refractivity contribution in [1.82, 2.24) is 10.2 Å². The third kappa shape index (κ3) is 3.12.